The van der Waals surface area contributed by atoms with E-state index in [9.17, 15) is 57.5 Å². The van der Waals surface area contributed by atoms with Gasteiger partial charge >= 0.3 is 0 Å². The maximum absolute atomic E-state index is 13.0. The molecule has 2 aliphatic rings. The average molecular weight is 849 g/mol. The second kappa shape index (κ2) is 22.6. The number of amides is 10. The predicted molar refractivity (Wildman–Crippen MR) is 212 cm³/mol. The Morgan fingerprint density at radius 2 is 1.00 bits per heavy atom. The minimum absolute atomic E-state index is 0.0428. The first-order valence-corrected chi connectivity index (χ1v) is 19.8. The number of carbonyl (C=O) groups is 12. The van der Waals surface area contributed by atoms with Crippen LogP contribution in [0.2, 0.25) is 0 Å². The highest BCUT2D eigenvalue weighted by Gasteiger charge is 2.36. The first-order valence-electron chi connectivity index (χ1n) is 19.3. The summed E-state index contributed by atoms with van der Waals surface area (Å²) in [5, 5.41) is 9.40. The third kappa shape index (κ3) is 15.0. The molecule has 0 aromatic heterocycles. The fourth-order valence-corrected chi connectivity index (χ4v) is 6.22. The molecule has 0 bridgehead atoms. The van der Waals surface area contributed by atoms with Crippen molar-refractivity contribution >= 4 is 83.3 Å². The molecule has 2 rings (SSSR count). The van der Waals surface area contributed by atoms with Crippen molar-refractivity contribution in [3.63, 3.8) is 0 Å². The summed E-state index contributed by atoms with van der Waals surface area (Å²) in [6.45, 7) is 8.66. The van der Waals surface area contributed by atoms with E-state index in [0.717, 1.165) is 22.0 Å². The molecule has 0 aliphatic carbocycles. The number of imide groups is 2. The van der Waals surface area contributed by atoms with E-state index in [1.165, 1.54) is 65.4 Å². The van der Waals surface area contributed by atoms with Crippen molar-refractivity contribution in [1.82, 2.24) is 40.9 Å². The van der Waals surface area contributed by atoms with Gasteiger partial charge in [0.05, 0.1) is 17.3 Å². The van der Waals surface area contributed by atoms with Crippen molar-refractivity contribution in [2.75, 3.05) is 40.3 Å². The molecular formula is C38H56N8O12S. The van der Waals surface area contributed by atoms with Gasteiger partial charge in [-0.15, -0.1) is 0 Å². The largest absolute Gasteiger partial charge is 0.347 e. The lowest BCUT2D eigenvalue weighted by Gasteiger charge is -2.27. The van der Waals surface area contributed by atoms with Crippen molar-refractivity contribution in [3.05, 3.63) is 12.2 Å². The van der Waals surface area contributed by atoms with Gasteiger partial charge in [-0.3, -0.25) is 67.3 Å². The lowest BCUT2D eigenvalue weighted by molar-refractivity contribution is -0.140. The van der Waals surface area contributed by atoms with E-state index in [1.54, 1.807) is 0 Å². The summed E-state index contributed by atoms with van der Waals surface area (Å²) in [4.78, 5) is 153. The fraction of sp³-hybridized carbons (Fsp3) is 0.632. The Labute approximate surface area is 348 Å². The molecule has 10 amide bonds. The second-order valence-electron chi connectivity index (χ2n) is 15.0. The van der Waals surface area contributed by atoms with Gasteiger partial charge in [-0.25, -0.2) is 0 Å². The van der Waals surface area contributed by atoms with Gasteiger partial charge < -0.3 is 31.1 Å². The molecule has 326 valence electrons. The van der Waals surface area contributed by atoms with E-state index < -0.39 is 112 Å². The summed E-state index contributed by atoms with van der Waals surface area (Å²) in [6, 6.07) is -3.88. The van der Waals surface area contributed by atoms with Crippen LogP contribution < -0.4 is 21.3 Å². The normalized spacial score (nSPS) is 18.0. The van der Waals surface area contributed by atoms with E-state index in [-0.39, 0.29) is 58.3 Å². The molecule has 59 heavy (non-hydrogen) atoms. The number of carbonyl (C=O) groups excluding carboxylic acids is 12. The van der Waals surface area contributed by atoms with Crippen molar-refractivity contribution in [3.8, 4) is 0 Å². The number of nitrogens with zero attached hydrogens (tertiary/aromatic N) is 4. The zero-order valence-electron chi connectivity index (χ0n) is 34.7. The molecule has 7 atom stereocenters. The summed E-state index contributed by atoms with van der Waals surface area (Å²) < 4.78 is 0. The quantitative estimate of drug-likeness (QED) is 0.0546. The van der Waals surface area contributed by atoms with E-state index >= 15 is 0 Å². The molecule has 1 fully saturated rings. The Kier molecular flexibility index (Phi) is 19.0. The molecular weight excluding hydrogens is 793 g/mol. The molecule has 7 unspecified atom stereocenters. The summed E-state index contributed by atoms with van der Waals surface area (Å²) in [5.74, 6) is -7.76. The van der Waals surface area contributed by atoms with Gasteiger partial charge in [0.15, 0.2) is 11.6 Å². The number of likely N-dealkylation sites (N-methyl/N-ethyl adjacent to an activating group) is 2. The number of rotatable bonds is 23. The Morgan fingerprint density at radius 1 is 0.627 bits per heavy atom. The Balaban J connectivity index is 1.72. The van der Waals surface area contributed by atoms with Gasteiger partial charge in [-0.1, -0.05) is 13.8 Å². The maximum atomic E-state index is 13.0. The summed E-state index contributed by atoms with van der Waals surface area (Å²) in [7, 11) is 2.96. The third-order valence-electron chi connectivity index (χ3n) is 9.86. The van der Waals surface area contributed by atoms with Crippen LogP contribution in [0.3, 0.4) is 0 Å². The van der Waals surface area contributed by atoms with Crippen LogP contribution in [0.1, 0.15) is 73.6 Å². The van der Waals surface area contributed by atoms with Crippen LogP contribution in [0.25, 0.3) is 0 Å². The fourth-order valence-electron chi connectivity index (χ4n) is 5.93. The predicted octanol–water partition coefficient (Wildman–Crippen LogP) is -2.12. The molecule has 0 saturated carbocycles. The molecule has 0 spiro atoms. The molecule has 0 aromatic carbocycles. The van der Waals surface area contributed by atoms with Crippen molar-refractivity contribution in [1.29, 1.82) is 0 Å². The van der Waals surface area contributed by atoms with Crippen LogP contribution in [0.4, 0.5) is 0 Å². The zero-order chi connectivity index (χ0) is 44.9. The van der Waals surface area contributed by atoms with Crippen LogP contribution in [0, 0.1) is 11.8 Å². The van der Waals surface area contributed by atoms with Gasteiger partial charge in [-0.2, -0.15) is 12.6 Å². The summed E-state index contributed by atoms with van der Waals surface area (Å²) in [5.41, 5.74) is 0. The number of hydrogen-bond donors (Lipinski definition) is 5. The molecule has 0 aromatic rings. The van der Waals surface area contributed by atoms with Crippen LogP contribution in [0.15, 0.2) is 12.2 Å². The molecule has 0 radical (unpaired) electrons. The van der Waals surface area contributed by atoms with Crippen molar-refractivity contribution in [2.24, 2.45) is 11.8 Å². The number of likely N-dealkylation sites (tertiary alicyclic amines) is 1. The van der Waals surface area contributed by atoms with E-state index in [4.69, 9.17) is 0 Å². The Morgan fingerprint density at radius 3 is 1.36 bits per heavy atom. The monoisotopic (exact) mass is 848 g/mol. The Hall–Kier alpha value is -5.47. The number of hydrogen-bond acceptors (Lipinski definition) is 13. The highest BCUT2D eigenvalue weighted by Crippen LogP contribution is 2.18. The molecule has 1 saturated heterocycles. The minimum atomic E-state index is -0.988. The zero-order valence-corrected chi connectivity index (χ0v) is 35.6. The van der Waals surface area contributed by atoms with Crippen LogP contribution >= 0.6 is 12.6 Å². The topological polar surface area (TPSA) is 266 Å². The number of thiol groups is 1. The lowest BCUT2D eigenvalue weighted by atomic mass is 9.99. The van der Waals surface area contributed by atoms with Crippen LogP contribution in [0.5, 0.6) is 0 Å². The maximum Gasteiger partial charge on any atom is 0.253 e. The molecule has 2 heterocycles. The first-order chi connectivity index (χ1) is 27.4. The summed E-state index contributed by atoms with van der Waals surface area (Å²) in [6.07, 6.45) is 1.27. The van der Waals surface area contributed by atoms with Crippen molar-refractivity contribution < 1.29 is 57.5 Å². The minimum Gasteiger partial charge on any atom is -0.347 e. The first kappa shape index (κ1) is 49.7. The number of ketones is 2. The number of Topliss-reactive ketones (excluding diaryl/α,β-unsaturated/α-hetero) is 2. The van der Waals surface area contributed by atoms with Gasteiger partial charge in [0.25, 0.3) is 11.8 Å². The van der Waals surface area contributed by atoms with Crippen LogP contribution in [-0.4, -0.2) is 160 Å². The van der Waals surface area contributed by atoms with Gasteiger partial charge in [0.2, 0.25) is 47.3 Å². The van der Waals surface area contributed by atoms with Crippen LogP contribution in [-0.2, 0) is 57.5 Å². The van der Waals surface area contributed by atoms with Gasteiger partial charge in [-0.05, 0) is 27.7 Å². The van der Waals surface area contributed by atoms with Gasteiger partial charge in [0, 0.05) is 96.4 Å². The second-order valence-corrected chi connectivity index (χ2v) is 15.6. The van der Waals surface area contributed by atoms with E-state index in [1.807, 2.05) is 0 Å². The average Bonchev–Trinajstić information content (AvgIpc) is 3.62. The van der Waals surface area contributed by atoms with E-state index in [0.29, 0.717) is 0 Å². The molecule has 4 N–H and O–H groups in total. The number of nitrogens with one attached hydrogen (secondary N) is 4. The standard InChI is InChI=1S/C38H56N8O12S/c1-20(17-26(47)22(3)39-29(49)11-13-45-31(51)9-10-32(45)52)34(54)41-24(5)36(56)43(7)15-16-44(8)37(57)25(6)42-35(55)21(2)18-27(48)23(4)40-30(50)12-14-46-33(53)19-28(59)38(46)58/h9-10,20-25,28,59H,11-19H2,1-8H3,(H,39,49)(H,40,50)(H,41,54)(H,42,55). The molecule has 21 heteroatoms. The van der Waals surface area contributed by atoms with Gasteiger partial charge in [0.1, 0.15) is 12.1 Å². The lowest BCUT2D eigenvalue weighted by Crippen LogP contribution is -2.51. The van der Waals surface area contributed by atoms with E-state index in [2.05, 4.69) is 33.9 Å². The highest BCUT2D eigenvalue weighted by atomic mass is 32.1. The molecule has 20 nitrogen and oxygen atoms in total. The smallest absolute Gasteiger partial charge is 0.253 e. The Bertz CT molecular complexity index is 1720. The molecule has 2 aliphatic heterocycles. The summed E-state index contributed by atoms with van der Waals surface area (Å²) >= 11 is 4.03. The van der Waals surface area contributed by atoms with Crippen molar-refractivity contribution in [2.45, 2.75) is 103 Å². The highest BCUT2D eigenvalue weighted by molar-refractivity contribution is 7.81. The SMILES string of the molecule is CC(CC(=O)C(C)NC(=O)CCN1C(=O)C=CC1=O)C(=O)NC(C)C(=O)N(C)CCN(C)C(=O)C(C)NC(=O)C(C)CC(=O)C(C)NC(=O)CCN1C(=O)CC(S)C1=O. The third-order valence-corrected chi connectivity index (χ3v) is 10.3.